The van der Waals surface area contributed by atoms with Gasteiger partial charge in [-0.05, 0) is 30.5 Å². The largest absolute Gasteiger partial charge is 0.395 e. The third kappa shape index (κ3) is 5.20. The zero-order chi connectivity index (χ0) is 16.7. The SMILES string of the molecule is Cc1cccc(C)c1NC(=O)CN(CCO)Cc1ccccc1. The number of hydrogen-bond donors (Lipinski definition) is 2. The van der Waals surface area contributed by atoms with Gasteiger partial charge in [-0.25, -0.2) is 0 Å². The normalized spacial score (nSPS) is 10.8. The molecule has 0 bridgehead atoms. The average Bonchev–Trinajstić information content (AvgIpc) is 2.52. The van der Waals surface area contributed by atoms with Crippen LogP contribution in [0, 0.1) is 13.8 Å². The molecule has 0 atom stereocenters. The van der Waals surface area contributed by atoms with Gasteiger partial charge in [0.1, 0.15) is 0 Å². The Morgan fingerprint density at radius 3 is 2.30 bits per heavy atom. The van der Waals surface area contributed by atoms with E-state index in [-0.39, 0.29) is 19.1 Å². The molecule has 4 nitrogen and oxygen atoms in total. The van der Waals surface area contributed by atoms with E-state index < -0.39 is 0 Å². The molecule has 2 aromatic rings. The minimum Gasteiger partial charge on any atom is -0.395 e. The van der Waals surface area contributed by atoms with Gasteiger partial charge in [-0.3, -0.25) is 9.69 Å². The summed E-state index contributed by atoms with van der Waals surface area (Å²) in [5.41, 5.74) is 4.10. The van der Waals surface area contributed by atoms with E-state index in [1.807, 2.05) is 67.3 Å². The van der Waals surface area contributed by atoms with E-state index in [1.54, 1.807) is 0 Å². The number of para-hydroxylation sites is 1. The first-order valence-electron chi connectivity index (χ1n) is 7.83. The van der Waals surface area contributed by atoms with Gasteiger partial charge >= 0.3 is 0 Å². The van der Waals surface area contributed by atoms with Crippen molar-refractivity contribution in [3.05, 3.63) is 65.2 Å². The highest BCUT2D eigenvalue weighted by Crippen LogP contribution is 2.19. The number of hydrogen-bond acceptors (Lipinski definition) is 3. The molecule has 23 heavy (non-hydrogen) atoms. The van der Waals surface area contributed by atoms with E-state index in [4.69, 9.17) is 0 Å². The summed E-state index contributed by atoms with van der Waals surface area (Å²) in [5.74, 6) is -0.0632. The van der Waals surface area contributed by atoms with Crippen molar-refractivity contribution in [2.24, 2.45) is 0 Å². The second-order valence-electron chi connectivity index (χ2n) is 5.73. The maximum atomic E-state index is 12.4. The minimum absolute atomic E-state index is 0.0313. The summed E-state index contributed by atoms with van der Waals surface area (Å²) >= 11 is 0. The first-order chi connectivity index (χ1) is 11.1. The van der Waals surface area contributed by atoms with Crippen molar-refractivity contribution in [3.63, 3.8) is 0 Å². The lowest BCUT2D eigenvalue weighted by Gasteiger charge is -2.21. The fraction of sp³-hybridized carbons (Fsp3) is 0.316. The monoisotopic (exact) mass is 312 g/mol. The number of benzene rings is 2. The summed E-state index contributed by atoms with van der Waals surface area (Å²) in [7, 11) is 0. The standard InChI is InChI=1S/C19H24N2O2/c1-15-7-6-8-16(2)19(15)20-18(23)14-21(11-12-22)13-17-9-4-3-5-10-17/h3-10,22H,11-14H2,1-2H3,(H,20,23). The first kappa shape index (κ1) is 17.2. The molecule has 4 heteroatoms. The molecule has 0 aliphatic heterocycles. The first-order valence-corrected chi connectivity index (χ1v) is 7.83. The number of amides is 1. The van der Waals surface area contributed by atoms with Gasteiger partial charge in [0.2, 0.25) is 5.91 Å². The molecule has 2 N–H and O–H groups in total. The van der Waals surface area contributed by atoms with Crippen molar-refractivity contribution >= 4 is 11.6 Å². The highest BCUT2D eigenvalue weighted by Gasteiger charge is 2.13. The highest BCUT2D eigenvalue weighted by atomic mass is 16.3. The highest BCUT2D eigenvalue weighted by molar-refractivity contribution is 5.93. The van der Waals surface area contributed by atoms with E-state index >= 15 is 0 Å². The predicted octanol–water partition coefficient (Wildman–Crippen LogP) is 2.74. The van der Waals surface area contributed by atoms with Crippen LogP contribution in [-0.4, -0.2) is 35.6 Å². The molecule has 0 radical (unpaired) electrons. The van der Waals surface area contributed by atoms with Crippen LogP contribution in [-0.2, 0) is 11.3 Å². The second-order valence-corrected chi connectivity index (χ2v) is 5.73. The molecule has 122 valence electrons. The molecule has 2 rings (SSSR count). The summed E-state index contributed by atoms with van der Waals surface area (Å²) in [6, 6.07) is 15.9. The van der Waals surface area contributed by atoms with Crippen LogP contribution in [0.25, 0.3) is 0 Å². The van der Waals surface area contributed by atoms with E-state index in [9.17, 15) is 9.90 Å². The molecule has 0 aliphatic rings. The van der Waals surface area contributed by atoms with Crippen molar-refractivity contribution in [2.45, 2.75) is 20.4 Å². The van der Waals surface area contributed by atoms with Crippen molar-refractivity contribution in [3.8, 4) is 0 Å². The van der Waals surface area contributed by atoms with Gasteiger partial charge in [-0.2, -0.15) is 0 Å². The second kappa shape index (κ2) is 8.46. The molecule has 0 heterocycles. The molecular formula is C19H24N2O2. The fourth-order valence-corrected chi connectivity index (χ4v) is 2.59. The van der Waals surface area contributed by atoms with E-state index in [0.717, 1.165) is 22.4 Å². The molecule has 0 aromatic heterocycles. The summed E-state index contributed by atoms with van der Waals surface area (Å²) in [6.45, 7) is 5.36. The Morgan fingerprint density at radius 2 is 1.70 bits per heavy atom. The maximum absolute atomic E-state index is 12.4. The molecule has 2 aromatic carbocycles. The summed E-state index contributed by atoms with van der Waals surface area (Å²) in [6.07, 6.45) is 0. The number of carbonyl (C=O) groups excluding carboxylic acids is 1. The van der Waals surface area contributed by atoms with Crippen LogP contribution in [0.15, 0.2) is 48.5 Å². The molecule has 0 saturated carbocycles. The number of aliphatic hydroxyl groups is 1. The molecule has 1 amide bonds. The van der Waals surface area contributed by atoms with Gasteiger partial charge in [0.05, 0.1) is 13.2 Å². The fourth-order valence-electron chi connectivity index (χ4n) is 2.59. The van der Waals surface area contributed by atoms with Gasteiger partial charge in [-0.1, -0.05) is 48.5 Å². The number of aryl methyl sites for hydroxylation is 2. The Kier molecular flexibility index (Phi) is 6.32. The Labute approximate surface area is 137 Å². The lowest BCUT2D eigenvalue weighted by atomic mass is 10.1. The van der Waals surface area contributed by atoms with Gasteiger partial charge < -0.3 is 10.4 Å². The van der Waals surface area contributed by atoms with Crippen LogP contribution in [0.2, 0.25) is 0 Å². The Bertz CT molecular complexity index is 621. The lowest BCUT2D eigenvalue weighted by Crippen LogP contribution is -2.35. The number of nitrogens with one attached hydrogen (secondary N) is 1. The van der Waals surface area contributed by atoms with Crippen LogP contribution in [0.1, 0.15) is 16.7 Å². The molecule has 0 unspecified atom stereocenters. The topological polar surface area (TPSA) is 52.6 Å². The number of nitrogens with zero attached hydrogens (tertiary/aromatic N) is 1. The number of aliphatic hydroxyl groups excluding tert-OH is 1. The summed E-state index contributed by atoms with van der Waals surface area (Å²) in [4.78, 5) is 14.3. The molecular weight excluding hydrogens is 288 g/mol. The molecule has 0 saturated heterocycles. The molecule has 0 spiro atoms. The molecule has 0 fully saturated rings. The van der Waals surface area contributed by atoms with Crippen LogP contribution in [0.3, 0.4) is 0 Å². The van der Waals surface area contributed by atoms with Crippen molar-refractivity contribution in [1.29, 1.82) is 0 Å². The van der Waals surface area contributed by atoms with E-state index in [0.29, 0.717) is 13.1 Å². The van der Waals surface area contributed by atoms with Crippen molar-refractivity contribution < 1.29 is 9.90 Å². The van der Waals surface area contributed by atoms with Crippen LogP contribution < -0.4 is 5.32 Å². The number of carbonyl (C=O) groups is 1. The Hall–Kier alpha value is -2.17. The van der Waals surface area contributed by atoms with Crippen LogP contribution in [0.4, 0.5) is 5.69 Å². The van der Waals surface area contributed by atoms with Crippen LogP contribution in [0.5, 0.6) is 0 Å². The van der Waals surface area contributed by atoms with E-state index in [2.05, 4.69) is 5.32 Å². The average molecular weight is 312 g/mol. The zero-order valence-electron chi connectivity index (χ0n) is 13.7. The van der Waals surface area contributed by atoms with Crippen molar-refractivity contribution in [2.75, 3.05) is 25.0 Å². The summed E-state index contributed by atoms with van der Waals surface area (Å²) < 4.78 is 0. The van der Waals surface area contributed by atoms with Gasteiger partial charge in [0.25, 0.3) is 0 Å². The van der Waals surface area contributed by atoms with Crippen molar-refractivity contribution in [1.82, 2.24) is 4.90 Å². The van der Waals surface area contributed by atoms with Gasteiger partial charge in [0, 0.05) is 18.8 Å². The third-order valence-electron chi connectivity index (χ3n) is 3.78. The quantitative estimate of drug-likeness (QED) is 0.826. The third-order valence-corrected chi connectivity index (χ3v) is 3.78. The smallest absolute Gasteiger partial charge is 0.238 e. The summed E-state index contributed by atoms with van der Waals surface area (Å²) in [5, 5.41) is 12.2. The number of rotatable bonds is 7. The van der Waals surface area contributed by atoms with E-state index in [1.165, 1.54) is 0 Å². The Balaban J connectivity index is 2.00. The zero-order valence-corrected chi connectivity index (χ0v) is 13.7. The lowest BCUT2D eigenvalue weighted by molar-refractivity contribution is -0.117. The Morgan fingerprint density at radius 1 is 1.04 bits per heavy atom. The maximum Gasteiger partial charge on any atom is 0.238 e. The van der Waals surface area contributed by atoms with Crippen LogP contribution >= 0.6 is 0 Å². The minimum atomic E-state index is -0.0632. The van der Waals surface area contributed by atoms with Gasteiger partial charge in [-0.15, -0.1) is 0 Å². The molecule has 0 aliphatic carbocycles. The number of anilines is 1. The predicted molar refractivity (Wildman–Crippen MR) is 93.4 cm³/mol. The van der Waals surface area contributed by atoms with Gasteiger partial charge in [0.15, 0.2) is 0 Å².